The number of carbonyl (C=O) groups excluding carboxylic acids is 3. The van der Waals surface area contributed by atoms with E-state index in [9.17, 15) is 19.2 Å². The largest absolute Gasteiger partial charge is 0.460 e. The van der Waals surface area contributed by atoms with Crippen LogP contribution < -0.4 is 14.9 Å². The van der Waals surface area contributed by atoms with E-state index in [0.717, 1.165) is 10.5 Å². The van der Waals surface area contributed by atoms with Crippen molar-refractivity contribution in [2.24, 2.45) is 0 Å². The molecule has 1 aliphatic heterocycles. The molecule has 0 spiro atoms. The molecule has 0 atom stereocenters. The van der Waals surface area contributed by atoms with Crippen molar-refractivity contribution in [3.63, 3.8) is 0 Å². The highest BCUT2D eigenvalue weighted by Gasteiger charge is 2.35. The Hall–Kier alpha value is -4.76. The van der Waals surface area contributed by atoms with Gasteiger partial charge in [0.15, 0.2) is 0 Å². The number of fused-ring (bicyclic) bond motifs is 2. The maximum absolute atomic E-state index is 12.9. The van der Waals surface area contributed by atoms with Crippen molar-refractivity contribution in [1.82, 2.24) is 4.90 Å². The number of rotatable bonds is 8. The summed E-state index contributed by atoms with van der Waals surface area (Å²) in [5.41, 5.74) is 1.30. The number of hydrogen-bond donors (Lipinski definition) is 0. The van der Waals surface area contributed by atoms with E-state index in [-0.39, 0.29) is 51.1 Å². The van der Waals surface area contributed by atoms with Gasteiger partial charge in [-0.05, 0) is 61.4 Å². The Morgan fingerprint density at radius 2 is 1.74 bits per heavy atom. The summed E-state index contributed by atoms with van der Waals surface area (Å²) < 4.78 is 21.7. The summed E-state index contributed by atoms with van der Waals surface area (Å²) in [5.74, 6) is -0.923. The van der Waals surface area contributed by atoms with Gasteiger partial charge in [0.1, 0.15) is 23.3 Å². The molecule has 1 aliphatic rings. The van der Waals surface area contributed by atoms with Crippen LogP contribution in [-0.4, -0.2) is 42.9 Å². The Balaban J connectivity index is 1.33. The number of ether oxygens (including phenoxy) is 3. The van der Waals surface area contributed by atoms with Crippen molar-refractivity contribution in [2.45, 2.75) is 13.3 Å². The van der Waals surface area contributed by atoms with E-state index in [1.807, 2.05) is 19.1 Å². The summed E-state index contributed by atoms with van der Waals surface area (Å²) in [6.45, 7) is 2.55. The fourth-order valence-corrected chi connectivity index (χ4v) is 4.18. The van der Waals surface area contributed by atoms with Gasteiger partial charge in [-0.25, -0.2) is 4.79 Å². The zero-order chi connectivity index (χ0) is 26.8. The fourth-order valence-electron chi connectivity index (χ4n) is 4.18. The molecule has 0 radical (unpaired) electrons. The van der Waals surface area contributed by atoms with Crippen LogP contribution in [0.25, 0.3) is 11.0 Å². The Labute approximate surface area is 217 Å². The highest BCUT2D eigenvalue weighted by atomic mass is 16.5. The molecule has 192 valence electrons. The molecular weight excluding hydrogens is 490 g/mol. The van der Waals surface area contributed by atoms with Gasteiger partial charge >= 0.3 is 5.97 Å². The molecule has 9 heteroatoms. The molecule has 2 amide bonds. The van der Waals surface area contributed by atoms with Gasteiger partial charge in [-0.1, -0.05) is 12.1 Å². The molecule has 0 unspecified atom stereocenters. The first-order chi connectivity index (χ1) is 18.4. The van der Waals surface area contributed by atoms with E-state index >= 15 is 0 Å². The average Bonchev–Trinajstić information content (AvgIpc) is 3.15. The summed E-state index contributed by atoms with van der Waals surface area (Å²) >= 11 is 0. The topological polar surface area (TPSA) is 112 Å². The number of esters is 1. The molecule has 0 saturated heterocycles. The van der Waals surface area contributed by atoms with Gasteiger partial charge in [-0.15, -0.1) is 0 Å². The average molecular weight is 514 g/mol. The molecular formula is C29H23NO8. The summed E-state index contributed by atoms with van der Waals surface area (Å²) in [4.78, 5) is 52.1. The van der Waals surface area contributed by atoms with E-state index in [0.29, 0.717) is 18.8 Å². The molecule has 3 aromatic carbocycles. The minimum atomic E-state index is -0.730. The van der Waals surface area contributed by atoms with Crippen LogP contribution in [0.2, 0.25) is 0 Å². The van der Waals surface area contributed by atoms with Crippen LogP contribution in [0.15, 0.2) is 76.1 Å². The second kappa shape index (κ2) is 10.3. The van der Waals surface area contributed by atoms with Crippen molar-refractivity contribution in [3.05, 3.63) is 99.4 Å². The van der Waals surface area contributed by atoms with Crippen LogP contribution in [0, 0.1) is 6.92 Å². The van der Waals surface area contributed by atoms with Crippen LogP contribution >= 0.6 is 0 Å². The van der Waals surface area contributed by atoms with Crippen LogP contribution in [0.3, 0.4) is 0 Å². The van der Waals surface area contributed by atoms with E-state index < -0.39 is 17.8 Å². The maximum atomic E-state index is 12.9. The summed E-state index contributed by atoms with van der Waals surface area (Å²) in [6.07, 6.45) is 1.72. The number of hydrogen-bond acceptors (Lipinski definition) is 8. The van der Waals surface area contributed by atoms with Gasteiger partial charge in [-0.2, -0.15) is 0 Å². The van der Waals surface area contributed by atoms with Gasteiger partial charge in [0.25, 0.3) is 11.8 Å². The minimum absolute atomic E-state index is 0.0291. The van der Waals surface area contributed by atoms with Crippen molar-refractivity contribution < 1.29 is 33.0 Å². The summed E-state index contributed by atoms with van der Waals surface area (Å²) in [6, 6.07) is 15.9. The lowest BCUT2D eigenvalue weighted by atomic mass is 10.1. The SMILES string of the molecule is COCCCN1C(=O)c2ccc(C(=O)Oc3ccc4c(=O)c(Oc5cccc(C)c5)coc4c3)cc2C1=O. The normalized spacial score (nSPS) is 12.6. The first-order valence-corrected chi connectivity index (χ1v) is 11.9. The summed E-state index contributed by atoms with van der Waals surface area (Å²) in [5, 5.41) is 0.255. The van der Waals surface area contributed by atoms with E-state index in [1.54, 1.807) is 19.2 Å². The second-order valence-electron chi connectivity index (χ2n) is 8.76. The Kier molecular flexibility index (Phi) is 6.76. The molecule has 0 bridgehead atoms. The molecule has 0 aliphatic carbocycles. The summed E-state index contributed by atoms with van der Waals surface area (Å²) in [7, 11) is 1.54. The zero-order valence-electron chi connectivity index (χ0n) is 20.7. The molecule has 5 rings (SSSR count). The standard InChI is InChI=1S/C29H23NO8/c1-17-5-3-6-19(13-17)37-25-16-36-24-15-20(8-10-22(24)26(25)31)38-29(34)18-7-9-21-23(14-18)28(33)30(27(21)32)11-4-12-35-2/h3,5-10,13-16H,4,11-12H2,1-2H3. The van der Waals surface area contributed by atoms with Gasteiger partial charge in [0.05, 0.1) is 22.1 Å². The van der Waals surface area contributed by atoms with Gasteiger partial charge < -0.3 is 18.6 Å². The smallest absolute Gasteiger partial charge is 0.343 e. The molecule has 2 heterocycles. The number of amides is 2. The van der Waals surface area contributed by atoms with Gasteiger partial charge in [0, 0.05) is 26.3 Å². The third kappa shape index (κ3) is 4.79. The molecule has 38 heavy (non-hydrogen) atoms. The number of aryl methyl sites for hydroxylation is 1. The first kappa shape index (κ1) is 24.9. The predicted octanol–water partition coefficient (Wildman–Crippen LogP) is 4.75. The molecule has 9 nitrogen and oxygen atoms in total. The highest BCUT2D eigenvalue weighted by molar-refractivity contribution is 6.22. The van der Waals surface area contributed by atoms with Gasteiger partial charge in [-0.3, -0.25) is 19.3 Å². The zero-order valence-corrected chi connectivity index (χ0v) is 20.7. The van der Waals surface area contributed by atoms with Crippen LogP contribution in [0.4, 0.5) is 0 Å². The monoisotopic (exact) mass is 513 g/mol. The molecule has 4 aromatic rings. The number of methoxy groups -OCH3 is 1. The molecule has 0 fully saturated rings. The van der Waals surface area contributed by atoms with Crippen LogP contribution in [-0.2, 0) is 4.74 Å². The second-order valence-corrected chi connectivity index (χ2v) is 8.76. The third-order valence-electron chi connectivity index (χ3n) is 6.08. The van der Waals surface area contributed by atoms with E-state index in [1.165, 1.54) is 42.7 Å². The molecule has 1 aromatic heterocycles. The molecule has 0 N–H and O–H groups in total. The van der Waals surface area contributed by atoms with Crippen molar-refractivity contribution in [2.75, 3.05) is 20.3 Å². The number of carbonyl (C=O) groups is 3. The predicted molar refractivity (Wildman–Crippen MR) is 137 cm³/mol. The molecule has 0 saturated carbocycles. The van der Waals surface area contributed by atoms with Crippen molar-refractivity contribution in [3.8, 4) is 17.2 Å². The van der Waals surface area contributed by atoms with E-state index in [2.05, 4.69) is 0 Å². The van der Waals surface area contributed by atoms with Crippen LogP contribution in [0.1, 0.15) is 43.1 Å². The maximum Gasteiger partial charge on any atom is 0.343 e. The number of nitrogens with zero attached hydrogens (tertiary/aromatic N) is 1. The Morgan fingerprint density at radius 3 is 2.53 bits per heavy atom. The lowest BCUT2D eigenvalue weighted by molar-refractivity contribution is 0.0638. The van der Waals surface area contributed by atoms with Gasteiger partial charge in [0.2, 0.25) is 11.2 Å². The van der Waals surface area contributed by atoms with Crippen molar-refractivity contribution >= 4 is 28.8 Å². The number of imide groups is 1. The first-order valence-electron chi connectivity index (χ1n) is 11.9. The number of benzene rings is 3. The highest BCUT2D eigenvalue weighted by Crippen LogP contribution is 2.27. The minimum Gasteiger partial charge on any atom is -0.460 e. The fraction of sp³-hybridized carbons (Fsp3) is 0.172. The quantitative estimate of drug-likeness (QED) is 0.144. The lowest BCUT2D eigenvalue weighted by Crippen LogP contribution is -2.31. The van der Waals surface area contributed by atoms with Crippen molar-refractivity contribution in [1.29, 1.82) is 0 Å². The third-order valence-corrected chi connectivity index (χ3v) is 6.08. The Bertz CT molecular complexity index is 1640. The van der Waals surface area contributed by atoms with E-state index in [4.69, 9.17) is 18.6 Å². The lowest BCUT2D eigenvalue weighted by Gasteiger charge is -2.12. The van der Waals surface area contributed by atoms with Crippen LogP contribution in [0.5, 0.6) is 17.2 Å². The Morgan fingerprint density at radius 1 is 0.921 bits per heavy atom.